The van der Waals surface area contributed by atoms with Gasteiger partial charge >= 0.3 is 0 Å². The third kappa shape index (κ3) is 4.38. The van der Waals surface area contributed by atoms with Crippen LogP contribution in [0.4, 0.5) is 20.4 Å². The van der Waals surface area contributed by atoms with Crippen LogP contribution < -0.4 is 16.6 Å². The number of rotatable bonds is 6. The maximum Gasteiger partial charge on any atom is 0.267 e. The molecule has 0 fully saturated rings. The Hall–Kier alpha value is -4.71. The van der Waals surface area contributed by atoms with Crippen molar-refractivity contribution in [1.29, 1.82) is 5.41 Å². The van der Waals surface area contributed by atoms with Crippen LogP contribution in [0, 0.1) is 24.0 Å². The molecule has 0 aliphatic rings. The van der Waals surface area contributed by atoms with Crippen molar-refractivity contribution in [3.63, 3.8) is 0 Å². The molecule has 186 valence electrons. The van der Waals surface area contributed by atoms with E-state index in [9.17, 15) is 18.7 Å². The number of nitrogen functional groups attached to an aromatic ring is 1. The number of benzene rings is 2. The van der Waals surface area contributed by atoms with E-state index in [1.54, 1.807) is 18.4 Å². The lowest BCUT2D eigenvalue weighted by Gasteiger charge is -2.16. The van der Waals surface area contributed by atoms with E-state index in [1.807, 2.05) is 0 Å². The number of nitrogens with two attached hydrogens (primary N) is 1. The van der Waals surface area contributed by atoms with E-state index >= 15 is 0 Å². The topological polar surface area (TPSA) is 143 Å². The first kappa shape index (κ1) is 24.0. The number of aromatic nitrogens is 4. The predicted octanol–water partition coefficient (Wildman–Crippen LogP) is 4.14. The van der Waals surface area contributed by atoms with Gasteiger partial charge in [0.15, 0.2) is 0 Å². The van der Waals surface area contributed by atoms with E-state index in [4.69, 9.17) is 11.1 Å². The average molecular weight is 520 g/mol. The lowest BCUT2D eigenvalue weighted by molar-refractivity contribution is 0.469. The Morgan fingerprint density at radius 1 is 1.22 bits per heavy atom. The molecule has 5 rings (SSSR count). The molecule has 3 aromatic heterocycles. The summed E-state index contributed by atoms with van der Waals surface area (Å²) in [4.78, 5) is 26.7. The summed E-state index contributed by atoms with van der Waals surface area (Å²) in [7, 11) is 0. The molecule has 0 aliphatic carbocycles. The molecule has 5 aromatic rings. The number of nitrogens with zero attached hydrogens (tertiary/aromatic N) is 4. The van der Waals surface area contributed by atoms with Gasteiger partial charge < -0.3 is 16.2 Å². The van der Waals surface area contributed by atoms with Crippen molar-refractivity contribution < 1.29 is 13.9 Å². The number of halogens is 2. The molecular formula is C25H19F2N7O2S. The summed E-state index contributed by atoms with van der Waals surface area (Å²) in [6, 6.07) is 9.07. The van der Waals surface area contributed by atoms with E-state index in [1.165, 1.54) is 46.5 Å². The monoisotopic (exact) mass is 519 g/mol. The van der Waals surface area contributed by atoms with Crippen molar-refractivity contribution in [2.75, 3.05) is 11.1 Å². The maximum atomic E-state index is 14.8. The SMILES string of the molecule is Cc1csc2nc(CNc3ncnc(N)c3C(=N)c3cc(O)cc(F)c3)n(-c3ccccc3F)c(=O)c12. The molecular weight excluding hydrogens is 500 g/mol. The maximum absolute atomic E-state index is 14.8. The third-order valence-electron chi connectivity index (χ3n) is 5.67. The highest BCUT2D eigenvalue weighted by Gasteiger charge is 2.21. The fourth-order valence-corrected chi connectivity index (χ4v) is 4.91. The van der Waals surface area contributed by atoms with Crippen LogP contribution in [0.25, 0.3) is 15.9 Å². The van der Waals surface area contributed by atoms with Gasteiger partial charge in [0.2, 0.25) is 0 Å². The summed E-state index contributed by atoms with van der Waals surface area (Å²) in [5.41, 5.74) is 6.27. The Morgan fingerprint density at radius 2 is 2.00 bits per heavy atom. The Bertz CT molecular complexity index is 1730. The summed E-state index contributed by atoms with van der Waals surface area (Å²) in [6.45, 7) is 1.69. The van der Waals surface area contributed by atoms with Gasteiger partial charge in [0, 0.05) is 11.6 Å². The van der Waals surface area contributed by atoms with Crippen LogP contribution in [0.1, 0.15) is 22.5 Å². The van der Waals surface area contributed by atoms with E-state index in [2.05, 4.69) is 20.3 Å². The zero-order chi connectivity index (χ0) is 26.3. The quantitative estimate of drug-likeness (QED) is 0.247. The summed E-state index contributed by atoms with van der Waals surface area (Å²) in [5.74, 6) is -1.44. The number of thiophene rings is 1. The highest BCUT2D eigenvalue weighted by molar-refractivity contribution is 7.16. The molecule has 0 amide bonds. The van der Waals surface area contributed by atoms with Gasteiger partial charge in [0.1, 0.15) is 46.0 Å². The van der Waals surface area contributed by atoms with Crippen LogP contribution in [0.2, 0.25) is 0 Å². The lowest BCUT2D eigenvalue weighted by Crippen LogP contribution is -2.26. The second-order valence-corrected chi connectivity index (χ2v) is 8.99. The number of hydrogen-bond donors (Lipinski definition) is 4. The Morgan fingerprint density at radius 3 is 2.76 bits per heavy atom. The average Bonchev–Trinajstić information content (AvgIpc) is 3.23. The highest BCUT2D eigenvalue weighted by Crippen LogP contribution is 2.26. The fourth-order valence-electron chi connectivity index (χ4n) is 3.97. The number of phenols is 1. The van der Waals surface area contributed by atoms with Crippen LogP contribution >= 0.6 is 11.3 Å². The Labute approximate surface area is 212 Å². The lowest BCUT2D eigenvalue weighted by atomic mass is 10.0. The van der Waals surface area contributed by atoms with Gasteiger partial charge in [-0.05, 0) is 42.1 Å². The number of aryl methyl sites for hydroxylation is 1. The number of aromatic hydroxyl groups is 1. The fraction of sp³-hybridized carbons (Fsp3) is 0.0800. The zero-order valence-corrected chi connectivity index (χ0v) is 20.1. The summed E-state index contributed by atoms with van der Waals surface area (Å²) in [5, 5.41) is 23.6. The molecule has 0 aliphatic heterocycles. The summed E-state index contributed by atoms with van der Waals surface area (Å²) < 4.78 is 29.9. The smallest absolute Gasteiger partial charge is 0.267 e. The Balaban J connectivity index is 1.60. The predicted molar refractivity (Wildman–Crippen MR) is 138 cm³/mol. The summed E-state index contributed by atoms with van der Waals surface area (Å²) in [6.07, 6.45) is 1.18. The molecule has 0 bridgehead atoms. The third-order valence-corrected chi connectivity index (χ3v) is 6.66. The van der Waals surface area contributed by atoms with Crippen LogP contribution in [0.3, 0.4) is 0 Å². The number of nitrogens with one attached hydrogen (secondary N) is 2. The normalized spacial score (nSPS) is 11.1. The van der Waals surface area contributed by atoms with Crippen molar-refractivity contribution >= 4 is 38.9 Å². The van der Waals surface area contributed by atoms with Gasteiger partial charge in [-0.3, -0.25) is 14.8 Å². The second kappa shape index (κ2) is 9.39. The number of fused-ring (bicyclic) bond motifs is 1. The van der Waals surface area contributed by atoms with Gasteiger partial charge in [-0.1, -0.05) is 12.1 Å². The molecule has 5 N–H and O–H groups in total. The van der Waals surface area contributed by atoms with Crippen LogP contribution in [-0.4, -0.2) is 30.3 Å². The molecule has 0 radical (unpaired) electrons. The largest absolute Gasteiger partial charge is 0.508 e. The number of anilines is 2. The first-order chi connectivity index (χ1) is 17.7. The molecule has 0 saturated carbocycles. The van der Waals surface area contributed by atoms with Crippen molar-refractivity contribution in [1.82, 2.24) is 19.5 Å². The minimum absolute atomic E-state index is 0.0368. The van der Waals surface area contributed by atoms with Gasteiger partial charge in [0.05, 0.1) is 28.9 Å². The van der Waals surface area contributed by atoms with E-state index in [0.717, 1.165) is 17.7 Å². The first-order valence-electron chi connectivity index (χ1n) is 10.9. The van der Waals surface area contributed by atoms with Crippen molar-refractivity contribution in [3.8, 4) is 11.4 Å². The van der Waals surface area contributed by atoms with E-state index < -0.39 is 17.2 Å². The van der Waals surface area contributed by atoms with Crippen molar-refractivity contribution in [3.05, 3.63) is 98.7 Å². The highest BCUT2D eigenvalue weighted by atomic mass is 32.1. The van der Waals surface area contributed by atoms with E-state index in [-0.39, 0.29) is 52.3 Å². The number of hydrogen-bond acceptors (Lipinski definition) is 9. The van der Waals surface area contributed by atoms with Crippen LogP contribution in [0.15, 0.2) is 59.0 Å². The molecule has 3 heterocycles. The molecule has 37 heavy (non-hydrogen) atoms. The van der Waals surface area contributed by atoms with Gasteiger partial charge in [-0.15, -0.1) is 11.3 Å². The minimum Gasteiger partial charge on any atom is -0.508 e. The first-order valence-corrected chi connectivity index (χ1v) is 11.8. The molecule has 0 atom stereocenters. The number of para-hydroxylation sites is 1. The molecule has 0 saturated heterocycles. The Kier molecular flexibility index (Phi) is 6.09. The van der Waals surface area contributed by atoms with Gasteiger partial charge in [0.25, 0.3) is 5.56 Å². The van der Waals surface area contributed by atoms with Gasteiger partial charge in [-0.2, -0.15) is 0 Å². The van der Waals surface area contributed by atoms with Crippen LogP contribution in [-0.2, 0) is 6.54 Å². The van der Waals surface area contributed by atoms with Crippen molar-refractivity contribution in [2.24, 2.45) is 0 Å². The summed E-state index contributed by atoms with van der Waals surface area (Å²) >= 11 is 1.30. The van der Waals surface area contributed by atoms with Crippen molar-refractivity contribution in [2.45, 2.75) is 13.5 Å². The second-order valence-electron chi connectivity index (χ2n) is 8.13. The van der Waals surface area contributed by atoms with Crippen LogP contribution in [0.5, 0.6) is 5.75 Å². The minimum atomic E-state index is -0.734. The molecule has 0 spiro atoms. The zero-order valence-electron chi connectivity index (χ0n) is 19.3. The molecule has 0 unspecified atom stereocenters. The molecule has 12 heteroatoms. The van der Waals surface area contributed by atoms with Gasteiger partial charge in [-0.25, -0.2) is 23.7 Å². The molecule has 9 nitrogen and oxygen atoms in total. The molecule has 2 aromatic carbocycles. The standard InChI is InChI=1S/C25H19F2N7O2S/c1-12-10-37-24-19(12)25(36)34(17-5-3-2-4-16(17)27)18(33-24)9-30-23-20(22(29)31-11-32-23)21(28)13-6-14(26)8-15(35)7-13/h2-8,10-11,28,35H,9H2,1H3,(H3,29,30,31,32). The number of phenolic OH excluding ortho intramolecular Hbond substituents is 1. The van der Waals surface area contributed by atoms with E-state index in [0.29, 0.717) is 10.2 Å².